The third-order valence-corrected chi connectivity index (χ3v) is 14.7. The molecule has 416 valence electrons. The number of nitrogens with one attached hydrogen (secondary N) is 4. The number of carbonyl (C=O) groups excluding carboxylic acids is 1. The van der Waals surface area contributed by atoms with E-state index < -0.39 is 28.1 Å². The molecule has 0 saturated carbocycles. The summed E-state index contributed by atoms with van der Waals surface area (Å²) in [5.41, 5.74) is 14.6. The van der Waals surface area contributed by atoms with Crippen LogP contribution in [0.4, 0.5) is 13.2 Å². The minimum atomic E-state index is -4.67. The first-order valence-electron chi connectivity index (χ1n) is 24.7. The number of aromatic carboxylic acids is 1. The van der Waals surface area contributed by atoms with Crippen molar-refractivity contribution in [2.24, 2.45) is 5.73 Å². The van der Waals surface area contributed by atoms with Crippen LogP contribution in [0.25, 0.3) is 65.8 Å². The SMILES string of the molecule is CN1CCC(N)CC1.Cc1cnc2[nH]c3c(C)c(C(=O)NC4CCN(C)CC4)cc(Cl)c3c2c1.Cc1cnc2[nH]c3c(C)c(C(=O)O)cc(Cl)c3c2c1.Cc1cnc2[nH]c3c(C)c(C(F)(F)F)cc(Cl)c3c2c1.O=S(=O)(O)O. The summed E-state index contributed by atoms with van der Waals surface area (Å²) in [7, 11) is -0.409. The summed E-state index contributed by atoms with van der Waals surface area (Å²) >= 11 is 18.9. The Hall–Kier alpha value is -6.14. The number of hydrogen-bond donors (Lipinski definition) is 8. The predicted octanol–water partition coefficient (Wildman–Crippen LogP) is 11.9. The zero-order chi connectivity index (χ0) is 57.3. The van der Waals surface area contributed by atoms with Gasteiger partial charge >= 0.3 is 22.5 Å². The molecule has 2 fully saturated rings. The number of halogens is 6. The Bertz CT molecular complexity index is 3830. The molecular formula is C54H60Cl3F3N10O7S. The van der Waals surface area contributed by atoms with Crippen molar-refractivity contribution in [2.75, 3.05) is 40.3 Å². The van der Waals surface area contributed by atoms with Crippen LogP contribution in [-0.2, 0) is 16.6 Å². The number of aromatic amines is 3. The van der Waals surface area contributed by atoms with E-state index in [0.717, 1.165) is 97.9 Å². The van der Waals surface area contributed by atoms with Crippen molar-refractivity contribution >= 4 is 123 Å². The van der Waals surface area contributed by atoms with E-state index in [9.17, 15) is 27.9 Å². The third kappa shape index (κ3) is 13.8. The Morgan fingerprint density at radius 3 is 1.35 bits per heavy atom. The number of nitrogens with zero attached hydrogens (tertiary/aromatic N) is 5. The summed E-state index contributed by atoms with van der Waals surface area (Å²) in [6.45, 7) is 15.4. The van der Waals surface area contributed by atoms with Crippen molar-refractivity contribution in [3.63, 3.8) is 0 Å². The fraction of sp³-hybridized carbons (Fsp3) is 0.352. The Morgan fingerprint density at radius 2 is 0.974 bits per heavy atom. The molecule has 0 atom stereocenters. The lowest BCUT2D eigenvalue weighted by Gasteiger charge is -2.29. The minimum absolute atomic E-state index is 0.0522. The zero-order valence-corrected chi connectivity index (χ0v) is 47.1. The first-order chi connectivity index (χ1) is 36.5. The van der Waals surface area contributed by atoms with E-state index in [1.54, 1.807) is 25.4 Å². The number of aryl methyl sites for hydroxylation is 6. The van der Waals surface area contributed by atoms with Crippen LogP contribution >= 0.6 is 34.8 Å². The van der Waals surface area contributed by atoms with Crippen molar-refractivity contribution in [1.82, 2.24) is 45.0 Å². The second-order valence-corrected chi connectivity index (χ2v) is 22.0. The summed E-state index contributed by atoms with van der Waals surface area (Å²) in [6.07, 6.45) is 5.13. The maximum Gasteiger partial charge on any atom is 0.416 e. The summed E-state index contributed by atoms with van der Waals surface area (Å²) < 4.78 is 70.5. The van der Waals surface area contributed by atoms with E-state index in [-0.39, 0.29) is 28.1 Å². The van der Waals surface area contributed by atoms with Gasteiger partial charge in [-0.1, -0.05) is 34.8 Å². The molecule has 9 N–H and O–H groups in total. The van der Waals surface area contributed by atoms with Gasteiger partial charge in [-0.05, 0) is 177 Å². The second kappa shape index (κ2) is 24.1. The highest BCUT2D eigenvalue weighted by molar-refractivity contribution is 7.79. The van der Waals surface area contributed by atoms with Crippen LogP contribution in [0.2, 0.25) is 15.1 Å². The molecule has 8 heterocycles. The van der Waals surface area contributed by atoms with Gasteiger partial charge in [-0.3, -0.25) is 13.9 Å². The molecule has 6 aromatic heterocycles. The molecule has 17 nitrogen and oxygen atoms in total. The normalized spacial score (nSPS) is 14.9. The highest BCUT2D eigenvalue weighted by atomic mass is 35.5. The molecule has 2 saturated heterocycles. The molecule has 3 aromatic carbocycles. The quantitative estimate of drug-likeness (QED) is 0.0767. The number of likely N-dealkylation sites (tertiary alicyclic amines) is 2. The van der Waals surface area contributed by atoms with Gasteiger partial charge in [0.2, 0.25) is 0 Å². The number of nitrogens with two attached hydrogens (primary N) is 1. The molecule has 0 unspecified atom stereocenters. The first-order valence-corrected chi connectivity index (χ1v) is 27.2. The number of H-pyrrole nitrogens is 3. The lowest BCUT2D eigenvalue weighted by molar-refractivity contribution is -0.137. The number of carboxylic acid groups (broad SMARTS) is 1. The van der Waals surface area contributed by atoms with Gasteiger partial charge in [0, 0.05) is 68.6 Å². The van der Waals surface area contributed by atoms with E-state index in [0.29, 0.717) is 49.4 Å². The summed E-state index contributed by atoms with van der Waals surface area (Å²) in [6, 6.07) is 10.9. The van der Waals surface area contributed by atoms with Crippen molar-refractivity contribution < 1.29 is 45.4 Å². The van der Waals surface area contributed by atoms with Crippen LogP contribution in [0.5, 0.6) is 0 Å². The predicted molar refractivity (Wildman–Crippen MR) is 303 cm³/mol. The second-order valence-electron chi connectivity index (χ2n) is 19.9. The van der Waals surface area contributed by atoms with Gasteiger partial charge in [-0.2, -0.15) is 21.6 Å². The molecule has 9 aromatic rings. The number of pyridine rings is 3. The van der Waals surface area contributed by atoms with Gasteiger partial charge in [0.15, 0.2) is 0 Å². The van der Waals surface area contributed by atoms with Crippen LogP contribution in [0.1, 0.15) is 85.3 Å². The van der Waals surface area contributed by atoms with Crippen LogP contribution in [0.15, 0.2) is 55.0 Å². The lowest BCUT2D eigenvalue weighted by atomic mass is 10.0. The molecular weight excluding hydrogens is 1100 g/mol. The standard InChI is InChI=1S/C20H23ClN4O.C14H10ClF3N2.C14H11ClN2O2.C6H14N2.H2O4S/c1-11-8-15-17-16(21)9-14(12(2)18(17)24-19(15)22-10-11)20(26)23-13-4-6-25(3)7-5-13;1-6-3-8-11-10(15)4-9(14(16,17)18)7(2)12(11)20-13(8)19-5-6;1-6-3-9-11-10(15)4-8(14(18)19)7(2)12(11)17-13(9)16-5-6;1-8-4-2-6(7)3-5-8;1-5(2,3)4/h8-10,13H,4-7H2,1-3H3,(H,22,24)(H,23,26);3-5H,1-2H3,(H,19,20);3-5H,1-2H3,(H,16,17)(H,18,19);6H,2-5,7H2,1H3;(H2,1,2,3,4). The van der Waals surface area contributed by atoms with Gasteiger partial charge in [0.1, 0.15) is 16.9 Å². The molecule has 0 aliphatic carbocycles. The maximum absolute atomic E-state index is 13.0. The zero-order valence-electron chi connectivity index (χ0n) is 44.0. The van der Waals surface area contributed by atoms with Crippen LogP contribution in [0, 0.1) is 41.5 Å². The van der Waals surface area contributed by atoms with Gasteiger partial charge in [0.05, 0.1) is 42.7 Å². The number of aromatic nitrogens is 6. The van der Waals surface area contributed by atoms with E-state index in [1.165, 1.54) is 38.9 Å². The lowest BCUT2D eigenvalue weighted by Crippen LogP contribution is -2.43. The molecule has 0 bridgehead atoms. The number of hydrogen-bond acceptors (Lipinski definition) is 10. The molecule has 2 aliphatic rings. The minimum Gasteiger partial charge on any atom is -0.478 e. The number of alkyl halides is 3. The van der Waals surface area contributed by atoms with Gasteiger partial charge in [0.25, 0.3) is 5.91 Å². The number of carbonyl (C=O) groups is 2. The van der Waals surface area contributed by atoms with Crippen LogP contribution < -0.4 is 11.1 Å². The largest absolute Gasteiger partial charge is 0.478 e. The highest BCUT2D eigenvalue weighted by Gasteiger charge is 2.34. The average Bonchev–Trinajstić information content (AvgIpc) is 4.18. The molecule has 2 aliphatic heterocycles. The molecule has 78 heavy (non-hydrogen) atoms. The Balaban J connectivity index is 0.000000154. The third-order valence-electron chi connectivity index (χ3n) is 13.8. The van der Waals surface area contributed by atoms with Gasteiger partial charge in [-0.25, -0.2) is 19.7 Å². The fourth-order valence-electron chi connectivity index (χ4n) is 9.64. The molecule has 24 heteroatoms. The van der Waals surface area contributed by atoms with Crippen molar-refractivity contribution in [3.8, 4) is 0 Å². The maximum atomic E-state index is 13.0. The molecule has 0 radical (unpaired) electrons. The van der Waals surface area contributed by atoms with E-state index in [2.05, 4.69) is 65.2 Å². The van der Waals surface area contributed by atoms with Crippen LogP contribution in [0.3, 0.4) is 0 Å². The van der Waals surface area contributed by atoms with Gasteiger partial charge < -0.3 is 40.9 Å². The number of carboxylic acids is 1. The van der Waals surface area contributed by atoms with E-state index in [4.69, 9.17) is 58.1 Å². The van der Waals surface area contributed by atoms with E-state index >= 15 is 0 Å². The summed E-state index contributed by atoms with van der Waals surface area (Å²) in [4.78, 5) is 51.1. The monoisotopic (exact) mass is 1150 g/mol. The fourth-order valence-corrected chi connectivity index (χ4v) is 10.6. The Morgan fingerprint density at radius 1 is 0.628 bits per heavy atom. The Labute approximate surface area is 462 Å². The highest BCUT2D eigenvalue weighted by Crippen LogP contribution is 2.41. The number of piperidine rings is 2. The number of amides is 1. The molecule has 11 rings (SSSR count). The van der Waals surface area contributed by atoms with Crippen molar-refractivity contribution in [1.29, 1.82) is 0 Å². The van der Waals surface area contributed by atoms with Crippen molar-refractivity contribution in [3.05, 3.63) is 120 Å². The average molecular weight is 1160 g/mol. The molecule has 0 spiro atoms. The number of benzene rings is 3. The smallest absolute Gasteiger partial charge is 0.416 e. The van der Waals surface area contributed by atoms with Crippen LogP contribution in [-0.4, -0.2) is 127 Å². The number of fused-ring (bicyclic) bond motifs is 9. The molecule has 1 amide bonds. The number of rotatable bonds is 3. The first kappa shape index (κ1) is 59.5. The Kier molecular flexibility index (Phi) is 18.4. The van der Waals surface area contributed by atoms with Gasteiger partial charge in [-0.15, -0.1) is 0 Å². The van der Waals surface area contributed by atoms with Crippen molar-refractivity contribution in [2.45, 2.75) is 85.5 Å². The summed E-state index contributed by atoms with van der Waals surface area (Å²) in [5.74, 6) is -1.03. The van der Waals surface area contributed by atoms with E-state index in [1.807, 2.05) is 46.0 Å². The summed E-state index contributed by atoms with van der Waals surface area (Å²) in [5, 5.41) is 18.4. The topological polar surface area (TPSA) is 260 Å².